The van der Waals surface area contributed by atoms with Crippen LogP contribution in [0.4, 0.5) is 0 Å². The first kappa shape index (κ1) is 19.6. The molecule has 0 aliphatic rings. The summed E-state index contributed by atoms with van der Waals surface area (Å²) in [5.41, 5.74) is 1.75. The second kappa shape index (κ2) is 7.96. The zero-order chi connectivity index (χ0) is 21.3. The molecule has 0 fully saturated rings. The van der Waals surface area contributed by atoms with Gasteiger partial charge >= 0.3 is 5.97 Å². The molecule has 0 aliphatic heterocycles. The average Bonchev–Trinajstić information content (AvgIpc) is 2.75. The van der Waals surface area contributed by atoms with Crippen LogP contribution < -0.4 is 5.56 Å². The Kier molecular flexibility index (Phi) is 5.20. The number of carboxylic acids is 1. The minimum atomic E-state index is -1.04. The molecule has 0 aliphatic carbocycles. The van der Waals surface area contributed by atoms with E-state index in [-0.39, 0.29) is 16.9 Å². The molecule has 1 heterocycles. The molecule has 0 bridgehead atoms. The van der Waals surface area contributed by atoms with E-state index in [2.05, 4.69) is 20.9 Å². The summed E-state index contributed by atoms with van der Waals surface area (Å²) in [6.45, 7) is 0. The van der Waals surface area contributed by atoms with Crippen molar-refractivity contribution in [1.29, 1.82) is 0 Å². The number of hydrogen-bond acceptors (Lipinski definition) is 4. The van der Waals surface area contributed by atoms with Crippen molar-refractivity contribution in [3.8, 4) is 11.4 Å². The number of phenolic OH excluding ortho intramolecular Hbond substituents is 1. The number of aromatic hydroxyl groups is 1. The highest BCUT2D eigenvalue weighted by atomic mass is 79.9. The van der Waals surface area contributed by atoms with E-state index >= 15 is 0 Å². The first-order chi connectivity index (χ1) is 14.4. The minimum Gasteiger partial charge on any atom is -0.507 e. The fourth-order valence-corrected chi connectivity index (χ4v) is 3.46. The molecule has 6 nitrogen and oxygen atoms in total. The van der Waals surface area contributed by atoms with Crippen LogP contribution in [0.3, 0.4) is 0 Å². The van der Waals surface area contributed by atoms with Crippen LogP contribution >= 0.6 is 15.9 Å². The van der Waals surface area contributed by atoms with Gasteiger partial charge in [-0.25, -0.2) is 9.78 Å². The Balaban J connectivity index is 1.89. The van der Waals surface area contributed by atoms with Gasteiger partial charge in [0.25, 0.3) is 5.56 Å². The van der Waals surface area contributed by atoms with Gasteiger partial charge in [-0.1, -0.05) is 24.3 Å². The molecular weight excluding hydrogens is 448 g/mol. The summed E-state index contributed by atoms with van der Waals surface area (Å²) >= 11 is 3.28. The monoisotopic (exact) mass is 462 g/mol. The van der Waals surface area contributed by atoms with Crippen LogP contribution in [-0.4, -0.2) is 25.7 Å². The second-order valence-electron chi connectivity index (χ2n) is 6.52. The number of nitrogens with zero attached hydrogens (tertiary/aromatic N) is 2. The summed E-state index contributed by atoms with van der Waals surface area (Å²) in [5, 5.41) is 19.3. The Morgan fingerprint density at radius 1 is 1.00 bits per heavy atom. The summed E-state index contributed by atoms with van der Waals surface area (Å²) in [5.74, 6) is -0.513. The van der Waals surface area contributed by atoms with Crippen LogP contribution in [0.1, 0.15) is 21.7 Å². The standard InChI is InChI=1S/C23H15BrN2O4/c24-18-13-14(5-11-20(18)27)6-12-21-25-19-4-2-1-3-17(19)22(28)26(21)16-9-7-15(8-10-16)23(29)30/h1-13,27H,(H,29,30)/b12-6+. The molecular formula is C23H15BrN2O4. The van der Waals surface area contributed by atoms with Gasteiger partial charge in [0.15, 0.2) is 0 Å². The number of phenols is 1. The minimum absolute atomic E-state index is 0.131. The van der Waals surface area contributed by atoms with Gasteiger partial charge in [-0.05, 0) is 76.1 Å². The first-order valence-electron chi connectivity index (χ1n) is 8.96. The van der Waals surface area contributed by atoms with E-state index in [4.69, 9.17) is 5.11 Å². The highest BCUT2D eigenvalue weighted by Gasteiger charge is 2.12. The molecule has 2 N–H and O–H groups in total. The predicted molar refractivity (Wildman–Crippen MR) is 119 cm³/mol. The number of fused-ring (bicyclic) bond motifs is 1. The summed E-state index contributed by atoms with van der Waals surface area (Å²) in [6.07, 6.45) is 3.49. The molecule has 7 heteroatoms. The van der Waals surface area contributed by atoms with Crippen molar-refractivity contribution in [2.75, 3.05) is 0 Å². The Hall–Kier alpha value is -3.71. The SMILES string of the molecule is O=C(O)c1ccc(-n2c(/C=C/c3ccc(O)c(Br)c3)nc3ccccc3c2=O)cc1. The van der Waals surface area contributed by atoms with Gasteiger partial charge in [-0.2, -0.15) is 0 Å². The zero-order valence-electron chi connectivity index (χ0n) is 15.5. The fourth-order valence-electron chi connectivity index (χ4n) is 3.06. The third-order valence-electron chi connectivity index (χ3n) is 4.57. The maximum Gasteiger partial charge on any atom is 0.335 e. The maximum atomic E-state index is 13.2. The topological polar surface area (TPSA) is 92.4 Å². The van der Waals surface area contributed by atoms with Crippen LogP contribution in [-0.2, 0) is 0 Å². The third-order valence-corrected chi connectivity index (χ3v) is 5.21. The van der Waals surface area contributed by atoms with Gasteiger partial charge in [-0.3, -0.25) is 9.36 Å². The highest BCUT2D eigenvalue weighted by molar-refractivity contribution is 9.10. The number of aromatic nitrogens is 2. The fraction of sp³-hybridized carbons (Fsp3) is 0. The number of para-hydroxylation sites is 1. The molecule has 0 spiro atoms. The summed E-state index contributed by atoms with van der Waals surface area (Å²) < 4.78 is 2.00. The third kappa shape index (κ3) is 3.75. The van der Waals surface area contributed by atoms with E-state index in [9.17, 15) is 14.7 Å². The number of benzene rings is 3. The van der Waals surface area contributed by atoms with Crippen molar-refractivity contribution < 1.29 is 15.0 Å². The van der Waals surface area contributed by atoms with E-state index in [0.29, 0.717) is 26.9 Å². The predicted octanol–water partition coefficient (Wildman–Crippen LogP) is 4.72. The van der Waals surface area contributed by atoms with Gasteiger partial charge in [-0.15, -0.1) is 0 Å². The highest BCUT2D eigenvalue weighted by Crippen LogP contribution is 2.25. The van der Waals surface area contributed by atoms with E-state index in [1.165, 1.54) is 16.7 Å². The molecule has 3 aromatic carbocycles. The number of carboxylic acid groups (broad SMARTS) is 1. The van der Waals surface area contributed by atoms with Crippen LogP contribution in [0, 0.1) is 0 Å². The number of hydrogen-bond donors (Lipinski definition) is 2. The number of halogens is 1. The quantitative estimate of drug-likeness (QED) is 0.457. The van der Waals surface area contributed by atoms with Crippen LogP contribution in [0.15, 0.2) is 76.0 Å². The normalized spacial score (nSPS) is 11.2. The molecule has 0 atom stereocenters. The Bertz CT molecular complexity index is 1360. The van der Waals surface area contributed by atoms with Crippen molar-refractivity contribution in [3.05, 3.63) is 98.5 Å². The van der Waals surface area contributed by atoms with Crippen molar-refractivity contribution >= 4 is 45.0 Å². The van der Waals surface area contributed by atoms with Crippen LogP contribution in [0.2, 0.25) is 0 Å². The molecule has 0 amide bonds. The van der Waals surface area contributed by atoms with Gasteiger partial charge in [0.05, 0.1) is 26.6 Å². The molecule has 30 heavy (non-hydrogen) atoms. The van der Waals surface area contributed by atoms with E-state index in [0.717, 1.165) is 5.56 Å². The lowest BCUT2D eigenvalue weighted by Crippen LogP contribution is -2.22. The van der Waals surface area contributed by atoms with Crippen molar-refractivity contribution in [2.24, 2.45) is 0 Å². The van der Waals surface area contributed by atoms with Crippen LogP contribution in [0.25, 0.3) is 28.7 Å². The summed E-state index contributed by atoms with van der Waals surface area (Å²) in [4.78, 5) is 29.0. The molecule has 0 saturated carbocycles. The number of aromatic carboxylic acids is 1. The zero-order valence-corrected chi connectivity index (χ0v) is 17.1. The number of rotatable bonds is 4. The van der Waals surface area contributed by atoms with Crippen molar-refractivity contribution in [2.45, 2.75) is 0 Å². The Morgan fingerprint density at radius 3 is 2.43 bits per heavy atom. The lowest BCUT2D eigenvalue weighted by Gasteiger charge is -2.12. The lowest BCUT2D eigenvalue weighted by atomic mass is 10.1. The molecule has 148 valence electrons. The van der Waals surface area contributed by atoms with Gasteiger partial charge in [0.2, 0.25) is 0 Å². The Labute approximate surface area is 179 Å². The van der Waals surface area contributed by atoms with Gasteiger partial charge in [0, 0.05) is 0 Å². The van der Waals surface area contributed by atoms with Crippen molar-refractivity contribution in [3.63, 3.8) is 0 Å². The summed E-state index contributed by atoms with van der Waals surface area (Å²) in [7, 11) is 0. The Morgan fingerprint density at radius 2 is 1.73 bits per heavy atom. The van der Waals surface area contributed by atoms with Gasteiger partial charge < -0.3 is 10.2 Å². The maximum absolute atomic E-state index is 13.2. The molecule has 0 saturated heterocycles. The van der Waals surface area contributed by atoms with E-state index < -0.39 is 5.97 Å². The number of carbonyl (C=O) groups is 1. The van der Waals surface area contributed by atoms with E-state index in [1.54, 1.807) is 60.7 Å². The van der Waals surface area contributed by atoms with Crippen molar-refractivity contribution in [1.82, 2.24) is 9.55 Å². The second-order valence-corrected chi connectivity index (χ2v) is 7.38. The molecule has 0 unspecified atom stereocenters. The molecule has 0 radical (unpaired) electrons. The first-order valence-corrected chi connectivity index (χ1v) is 9.75. The summed E-state index contributed by atoms with van der Waals surface area (Å²) in [6, 6.07) is 18.2. The van der Waals surface area contributed by atoms with Crippen LogP contribution in [0.5, 0.6) is 5.75 Å². The largest absolute Gasteiger partial charge is 0.507 e. The molecule has 1 aromatic heterocycles. The van der Waals surface area contributed by atoms with E-state index in [1.807, 2.05) is 6.07 Å². The smallest absolute Gasteiger partial charge is 0.335 e. The molecule has 4 aromatic rings. The van der Waals surface area contributed by atoms with Gasteiger partial charge in [0.1, 0.15) is 11.6 Å². The molecule has 4 rings (SSSR count). The average molecular weight is 463 g/mol. The lowest BCUT2D eigenvalue weighted by molar-refractivity contribution is 0.0697.